The van der Waals surface area contributed by atoms with Crippen molar-refractivity contribution in [3.63, 3.8) is 0 Å². The minimum Gasteiger partial charge on any atom is -0.489 e. The van der Waals surface area contributed by atoms with Gasteiger partial charge in [0.25, 0.3) is 15.7 Å². The molecule has 1 N–H and O–H groups in total. The smallest absolute Gasteiger partial charge is 0.273 e. The Morgan fingerprint density at radius 3 is 2.35 bits per heavy atom. The highest BCUT2D eigenvalue weighted by atomic mass is 32.2. The van der Waals surface area contributed by atoms with E-state index in [0.717, 1.165) is 0 Å². The molecule has 0 bridgehead atoms. The average molecular weight is 336 g/mol. The third-order valence-corrected chi connectivity index (χ3v) is 4.22. The van der Waals surface area contributed by atoms with Gasteiger partial charge in [-0.2, -0.15) is 0 Å². The van der Waals surface area contributed by atoms with Crippen molar-refractivity contribution in [1.82, 2.24) is 0 Å². The molecule has 0 amide bonds. The molecule has 0 saturated carbocycles. The predicted octanol–water partition coefficient (Wildman–Crippen LogP) is 3.18. The van der Waals surface area contributed by atoms with Gasteiger partial charge < -0.3 is 4.74 Å². The molecule has 7 nitrogen and oxygen atoms in total. The van der Waals surface area contributed by atoms with Crippen LogP contribution in [0.1, 0.15) is 13.8 Å². The summed E-state index contributed by atoms with van der Waals surface area (Å²) in [5.41, 5.74) is -0.0311. The van der Waals surface area contributed by atoms with Crippen molar-refractivity contribution in [2.45, 2.75) is 24.8 Å². The number of nitrogens with one attached hydrogen (secondary N) is 1. The molecule has 0 aliphatic rings. The first kappa shape index (κ1) is 16.8. The average Bonchev–Trinajstić information content (AvgIpc) is 2.49. The van der Waals surface area contributed by atoms with E-state index < -0.39 is 14.9 Å². The minimum atomic E-state index is -3.80. The molecule has 0 radical (unpaired) electrons. The lowest BCUT2D eigenvalue weighted by atomic mass is 10.2. The number of non-ortho nitro benzene ring substituents is 1. The third kappa shape index (κ3) is 4.19. The van der Waals surface area contributed by atoms with Crippen molar-refractivity contribution in [2.75, 3.05) is 4.72 Å². The van der Waals surface area contributed by atoms with Gasteiger partial charge in [-0.1, -0.05) is 18.2 Å². The Morgan fingerprint density at radius 1 is 1.13 bits per heavy atom. The first-order valence-corrected chi connectivity index (χ1v) is 8.31. The molecule has 2 aromatic rings. The topological polar surface area (TPSA) is 98.5 Å². The lowest BCUT2D eigenvalue weighted by Gasteiger charge is -2.15. The van der Waals surface area contributed by atoms with E-state index in [9.17, 15) is 18.5 Å². The Morgan fingerprint density at radius 2 is 1.78 bits per heavy atom. The number of nitro benzene ring substituents is 1. The van der Waals surface area contributed by atoms with Gasteiger partial charge in [0.2, 0.25) is 0 Å². The summed E-state index contributed by atoms with van der Waals surface area (Å²) >= 11 is 0. The summed E-state index contributed by atoms with van der Waals surface area (Å²) in [4.78, 5) is 10.4. The SMILES string of the molecule is CC(C)Oc1cc([N+](=O)[O-])ccc1NS(=O)(=O)c1ccccc1. The molecule has 0 aromatic heterocycles. The fourth-order valence-corrected chi connectivity index (χ4v) is 2.96. The third-order valence-electron chi connectivity index (χ3n) is 2.84. The second-order valence-electron chi connectivity index (χ2n) is 5.02. The Hall–Kier alpha value is -2.61. The molecule has 2 aromatic carbocycles. The molecule has 0 fully saturated rings. The van der Waals surface area contributed by atoms with Gasteiger partial charge in [-0.05, 0) is 32.0 Å². The molecule has 0 aliphatic carbocycles. The number of sulfonamides is 1. The van der Waals surface area contributed by atoms with Crippen LogP contribution < -0.4 is 9.46 Å². The highest BCUT2D eigenvalue weighted by Crippen LogP contribution is 2.31. The number of ether oxygens (including phenoxy) is 1. The fraction of sp³-hybridized carbons (Fsp3) is 0.200. The second kappa shape index (κ2) is 6.66. The molecule has 23 heavy (non-hydrogen) atoms. The van der Waals surface area contributed by atoms with Gasteiger partial charge in [-0.25, -0.2) is 8.42 Å². The van der Waals surface area contributed by atoms with Gasteiger partial charge >= 0.3 is 0 Å². The molecule has 8 heteroatoms. The van der Waals surface area contributed by atoms with Crippen LogP contribution >= 0.6 is 0 Å². The summed E-state index contributed by atoms with van der Waals surface area (Å²) < 4.78 is 32.6. The molecule has 122 valence electrons. The van der Waals surface area contributed by atoms with Crippen molar-refractivity contribution in [2.24, 2.45) is 0 Å². The van der Waals surface area contributed by atoms with Crippen LogP contribution in [0, 0.1) is 10.1 Å². The number of hydrogen-bond acceptors (Lipinski definition) is 5. The number of hydrogen-bond donors (Lipinski definition) is 1. The summed E-state index contributed by atoms with van der Waals surface area (Å²) in [5, 5.41) is 10.9. The van der Waals surface area contributed by atoms with E-state index in [4.69, 9.17) is 4.74 Å². The van der Waals surface area contributed by atoms with Gasteiger partial charge in [-0.3, -0.25) is 14.8 Å². The quantitative estimate of drug-likeness (QED) is 0.645. The largest absolute Gasteiger partial charge is 0.489 e. The van der Waals surface area contributed by atoms with Crippen molar-refractivity contribution in [1.29, 1.82) is 0 Å². The first-order valence-electron chi connectivity index (χ1n) is 6.82. The van der Waals surface area contributed by atoms with Gasteiger partial charge in [0, 0.05) is 6.07 Å². The van der Waals surface area contributed by atoms with Gasteiger partial charge in [0.1, 0.15) is 0 Å². The molecule has 0 aliphatic heterocycles. The lowest BCUT2D eigenvalue weighted by molar-refractivity contribution is -0.384. The van der Waals surface area contributed by atoms with Crippen molar-refractivity contribution in [3.8, 4) is 5.75 Å². The standard InChI is InChI=1S/C15H16N2O5S/c1-11(2)22-15-10-12(17(18)19)8-9-14(15)16-23(20,21)13-6-4-3-5-7-13/h3-11,16H,1-2H3. The van der Waals surface area contributed by atoms with E-state index in [1.54, 1.807) is 32.0 Å². The first-order chi connectivity index (χ1) is 10.8. The molecule has 0 saturated heterocycles. The van der Waals surface area contributed by atoms with Crippen LogP contribution in [0.3, 0.4) is 0 Å². The number of anilines is 1. The Labute approximate surface area is 134 Å². The lowest BCUT2D eigenvalue weighted by Crippen LogP contribution is -2.15. The van der Waals surface area contributed by atoms with E-state index >= 15 is 0 Å². The van der Waals surface area contributed by atoms with E-state index in [2.05, 4.69) is 4.72 Å². The number of benzene rings is 2. The molecular formula is C15H16N2O5S. The summed E-state index contributed by atoms with van der Waals surface area (Å²) in [6, 6.07) is 11.6. The zero-order chi connectivity index (χ0) is 17.0. The summed E-state index contributed by atoms with van der Waals surface area (Å²) in [6.45, 7) is 3.49. The van der Waals surface area contributed by atoms with Crippen LogP contribution in [0.25, 0.3) is 0 Å². The Bertz CT molecular complexity index is 804. The second-order valence-corrected chi connectivity index (χ2v) is 6.71. The highest BCUT2D eigenvalue weighted by molar-refractivity contribution is 7.92. The Balaban J connectivity index is 2.40. The van der Waals surface area contributed by atoms with E-state index in [0.29, 0.717) is 0 Å². The van der Waals surface area contributed by atoms with Crippen molar-refractivity contribution in [3.05, 3.63) is 58.6 Å². The zero-order valence-electron chi connectivity index (χ0n) is 12.6. The molecule has 0 spiro atoms. The van der Waals surface area contributed by atoms with Crippen LogP contribution in [0.2, 0.25) is 0 Å². The van der Waals surface area contributed by atoms with Gasteiger partial charge in [0.15, 0.2) is 5.75 Å². The summed E-state index contributed by atoms with van der Waals surface area (Å²) in [6.07, 6.45) is -0.267. The molecular weight excluding hydrogens is 320 g/mol. The van der Waals surface area contributed by atoms with Crippen LogP contribution in [-0.2, 0) is 10.0 Å². The Kier molecular flexibility index (Phi) is 4.85. The van der Waals surface area contributed by atoms with E-state index in [1.807, 2.05) is 0 Å². The zero-order valence-corrected chi connectivity index (χ0v) is 13.4. The van der Waals surface area contributed by atoms with Crippen molar-refractivity contribution < 1.29 is 18.1 Å². The van der Waals surface area contributed by atoms with Crippen LogP contribution in [0.15, 0.2) is 53.4 Å². The fourth-order valence-electron chi connectivity index (χ4n) is 1.86. The van der Waals surface area contributed by atoms with Gasteiger partial charge in [-0.15, -0.1) is 0 Å². The number of nitrogens with zero attached hydrogens (tertiary/aromatic N) is 1. The minimum absolute atomic E-state index is 0.0915. The summed E-state index contributed by atoms with van der Waals surface area (Å²) in [5.74, 6) is 0.105. The molecule has 0 unspecified atom stereocenters. The van der Waals surface area contributed by atoms with Crippen molar-refractivity contribution >= 4 is 21.4 Å². The number of nitro groups is 1. The highest BCUT2D eigenvalue weighted by Gasteiger charge is 2.19. The van der Waals surface area contributed by atoms with E-state index in [1.165, 1.54) is 30.3 Å². The maximum atomic E-state index is 12.4. The van der Waals surface area contributed by atoms with Crippen LogP contribution in [0.5, 0.6) is 5.75 Å². The maximum absolute atomic E-state index is 12.4. The van der Waals surface area contributed by atoms with Gasteiger partial charge in [0.05, 0.1) is 27.7 Å². The number of rotatable bonds is 6. The predicted molar refractivity (Wildman–Crippen MR) is 86.1 cm³/mol. The molecule has 0 heterocycles. The van der Waals surface area contributed by atoms with E-state index in [-0.39, 0.29) is 28.1 Å². The van der Waals surface area contributed by atoms with Crippen LogP contribution in [-0.4, -0.2) is 19.4 Å². The molecule has 2 rings (SSSR count). The summed E-state index contributed by atoms with van der Waals surface area (Å²) in [7, 11) is -3.80. The monoisotopic (exact) mass is 336 g/mol. The maximum Gasteiger partial charge on any atom is 0.273 e. The van der Waals surface area contributed by atoms with Crippen LogP contribution in [0.4, 0.5) is 11.4 Å². The normalized spacial score (nSPS) is 11.3. The molecule has 0 atom stereocenters.